The predicted octanol–water partition coefficient (Wildman–Crippen LogP) is 2.88. The second kappa shape index (κ2) is 9.28. The van der Waals surface area contributed by atoms with Gasteiger partial charge >= 0.3 is 6.09 Å². The number of nitrogens with zero attached hydrogens (tertiary/aromatic N) is 1. The van der Waals surface area contributed by atoms with Crippen LogP contribution in [0.25, 0.3) is 6.08 Å². The second-order valence-corrected chi connectivity index (χ2v) is 5.83. The number of ether oxygens (including phenoxy) is 1. The van der Waals surface area contributed by atoms with Crippen LogP contribution in [0.1, 0.15) is 18.1 Å². The van der Waals surface area contributed by atoms with Crippen molar-refractivity contribution in [2.75, 3.05) is 13.6 Å². The number of hydrogen-bond acceptors (Lipinski definition) is 5. The summed E-state index contributed by atoms with van der Waals surface area (Å²) in [5.74, 6) is -0.391. The Labute approximate surface area is 157 Å². The molecule has 7 heteroatoms. The summed E-state index contributed by atoms with van der Waals surface area (Å²) in [4.78, 5) is 25.2. The van der Waals surface area contributed by atoms with Crippen LogP contribution < -0.4 is 10.1 Å². The summed E-state index contributed by atoms with van der Waals surface area (Å²) in [7, 11) is 1.65. The van der Waals surface area contributed by atoms with Crippen molar-refractivity contribution in [1.29, 1.82) is 0 Å². The van der Waals surface area contributed by atoms with Gasteiger partial charge in [-0.2, -0.15) is 0 Å². The van der Waals surface area contributed by atoms with E-state index in [1.54, 1.807) is 31.3 Å². The van der Waals surface area contributed by atoms with Crippen LogP contribution in [-0.4, -0.2) is 40.7 Å². The lowest BCUT2D eigenvalue weighted by molar-refractivity contribution is -0.116. The van der Waals surface area contributed by atoms with Crippen molar-refractivity contribution < 1.29 is 24.5 Å². The fourth-order valence-corrected chi connectivity index (χ4v) is 2.09. The molecule has 0 aliphatic heterocycles. The molecule has 0 atom stereocenters. The van der Waals surface area contributed by atoms with E-state index >= 15 is 0 Å². The van der Waals surface area contributed by atoms with Gasteiger partial charge in [0.1, 0.15) is 5.75 Å². The third kappa shape index (κ3) is 6.07. The number of rotatable bonds is 6. The number of carbonyl (C=O) groups is 2. The first-order valence-electron chi connectivity index (χ1n) is 8.39. The van der Waals surface area contributed by atoms with Crippen LogP contribution in [-0.2, 0) is 11.3 Å². The molecule has 2 aromatic carbocycles. The molecule has 0 fully saturated rings. The molecule has 0 heterocycles. The van der Waals surface area contributed by atoms with Crippen molar-refractivity contribution in [1.82, 2.24) is 10.2 Å². The van der Waals surface area contributed by atoms with E-state index in [4.69, 9.17) is 4.74 Å². The van der Waals surface area contributed by atoms with Crippen molar-refractivity contribution in [3.8, 4) is 17.2 Å². The molecule has 3 N–H and O–H groups in total. The van der Waals surface area contributed by atoms with Gasteiger partial charge < -0.3 is 25.2 Å². The zero-order chi connectivity index (χ0) is 19.8. The van der Waals surface area contributed by atoms with Crippen molar-refractivity contribution in [3.05, 3.63) is 59.7 Å². The number of carbonyl (C=O) groups excluding carboxylic acids is 2. The van der Waals surface area contributed by atoms with E-state index in [-0.39, 0.29) is 24.0 Å². The molecule has 0 spiro atoms. The number of nitrogens with one attached hydrogen (secondary N) is 1. The summed E-state index contributed by atoms with van der Waals surface area (Å²) >= 11 is 0. The summed E-state index contributed by atoms with van der Waals surface area (Å²) < 4.78 is 5.26. The number of phenolic OH excluding ortho intramolecular Hbond substituents is 2. The maximum Gasteiger partial charge on any atom is 0.414 e. The highest BCUT2D eigenvalue weighted by atomic mass is 16.6. The van der Waals surface area contributed by atoms with E-state index in [9.17, 15) is 19.8 Å². The van der Waals surface area contributed by atoms with E-state index in [1.165, 1.54) is 29.2 Å². The van der Waals surface area contributed by atoms with E-state index in [0.29, 0.717) is 17.9 Å². The summed E-state index contributed by atoms with van der Waals surface area (Å²) in [6.45, 7) is 2.65. The predicted molar refractivity (Wildman–Crippen MR) is 101 cm³/mol. The molecule has 7 nitrogen and oxygen atoms in total. The minimum Gasteiger partial charge on any atom is -0.504 e. The zero-order valence-corrected chi connectivity index (χ0v) is 15.2. The molecule has 0 unspecified atom stereocenters. The Balaban J connectivity index is 1.91. The van der Waals surface area contributed by atoms with Crippen LogP contribution in [0.2, 0.25) is 0 Å². The number of phenols is 2. The largest absolute Gasteiger partial charge is 0.504 e. The highest BCUT2D eigenvalue weighted by Gasteiger charge is 2.09. The molecular formula is C20H22N2O5. The Morgan fingerprint density at radius 2 is 1.93 bits per heavy atom. The summed E-state index contributed by atoms with van der Waals surface area (Å²) in [5, 5.41) is 21.4. The topological polar surface area (TPSA) is 99.1 Å². The fraction of sp³-hybridized carbons (Fsp3) is 0.200. The molecule has 0 aliphatic carbocycles. The molecule has 27 heavy (non-hydrogen) atoms. The summed E-state index contributed by atoms with van der Waals surface area (Å²) in [6, 6.07) is 11.2. The smallest absolute Gasteiger partial charge is 0.414 e. The molecule has 2 amide bonds. The van der Waals surface area contributed by atoms with Crippen LogP contribution >= 0.6 is 0 Å². The van der Waals surface area contributed by atoms with Crippen LogP contribution in [0.5, 0.6) is 17.2 Å². The van der Waals surface area contributed by atoms with Gasteiger partial charge in [-0.25, -0.2) is 4.79 Å². The van der Waals surface area contributed by atoms with Gasteiger partial charge in [-0.05, 0) is 48.4 Å². The monoisotopic (exact) mass is 370 g/mol. The Kier molecular flexibility index (Phi) is 6.82. The normalized spacial score (nSPS) is 10.6. The lowest BCUT2D eigenvalue weighted by Gasteiger charge is -2.14. The molecule has 0 bridgehead atoms. The van der Waals surface area contributed by atoms with Gasteiger partial charge in [-0.1, -0.05) is 18.2 Å². The number of amides is 2. The lowest BCUT2D eigenvalue weighted by atomic mass is 10.2. The van der Waals surface area contributed by atoms with E-state index in [2.05, 4.69) is 5.32 Å². The van der Waals surface area contributed by atoms with Crippen LogP contribution in [0.4, 0.5) is 4.79 Å². The lowest BCUT2D eigenvalue weighted by Crippen LogP contribution is -2.29. The van der Waals surface area contributed by atoms with Gasteiger partial charge in [-0.15, -0.1) is 0 Å². The third-order valence-corrected chi connectivity index (χ3v) is 3.78. The first-order valence-corrected chi connectivity index (χ1v) is 8.39. The third-order valence-electron chi connectivity index (χ3n) is 3.78. The zero-order valence-electron chi connectivity index (χ0n) is 15.2. The van der Waals surface area contributed by atoms with Gasteiger partial charge in [0.05, 0.1) is 0 Å². The maximum absolute atomic E-state index is 11.9. The summed E-state index contributed by atoms with van der Waals surface area (Å²) in [5.41, 5.74) is 1.36. The van der Waals surface area contributed by atoms with E-state index < -0.39 is 6.09 Å². The van der Waals surface area contributed by atoms with Crippen molar-refractivity contribution in [2.45, 2.75) is 13.5 Å². The second-order valence-electron chi connectivity index (χ2n) is 5.83. The van der Waals surface area contributed by atoms with Gasteiger partial charge in [0.15, 0.2) is 11.5 Å². The molecule has 0 radical (unpaired) electrons. The highest BCUT2D eigenvalue weighted by Crippen LogP contribution is 2.25. The molecular weight excluding hydrogens is 348 g/mol. The maximum atomic E-state index is 11.9. The van der Waals surface area contributed by atoms with Crippen LogP contribution in [0, 0.1) is 0 Å². The Morgan fingerprint density at radius 1 is 1.15 bits per heavy atom. The number of hydrogen-bond donors (Lipinski definition) is 3. The van der Waals surface area contributed by atoms with Gasteiger partial charge in [0.2, 0.25) is 5.91 Å². The Morgan fingerprint density at radius 3 is 2.63 bits per heavy atom. The first kappa shape index (κ1) is 19.8. The molecule has 0 aromatic heterocycles. The first-order chi connectivity index (χ1) is 12.9. The SMILES string of the molecule is CCN(C)C(=O)Oc1cccc(CNC(=O)/C=C/c2ccc(O)c(O)c2)c1. The fourth-order valence-electron chi connectivity index (χ4n) is 2.09. The standard InChI is InChI=1S/C20H22N2O5/c1-3-22(2)20(26)27-16-6-4-5-15(11-16)13-21-19(25)10-8-14-7-9-17(23)18(24)12-14/h4-12,23-24H,3,13H2,1-2H3,(H,21,25)/b10-8+. The molecule has 142 valence electrons. The van der Waals surface area contributed by atoms with Crippen molar-refractivity contribution >= 4 is 18.1 Å². The van der Waals surface area contributed by atoms with Crippen molar-refractivity contribution in [2.24, 2.45) is 0 Å². The van der Waals surface area contributed by atoms with Gasteiger partial charge in [0, 0.05) is 26.2 Å². The van der Waals surface area contributed by atoms with E-state index in [1.807, 2.05) is 13.0 Å². The van der Waals surface area contributed by atoms with Crippen molar-refractivity contribution in [3.63, 3.8) is 0 Å². The number of benzene rings is 2. The van der Waals surface area contributed by atoms with E-state index in [0.717, 1.165) is 5.56 Å². The Bertz CT molecular complexity index is 848. The highest BCUT2D eigenvalue weighted by molar-refractivity contribution is 5.91. The average molecular weight is 370 g/mol. The molecule has 0 aliphatic rings. The average Bonchev–Trinajstić information content (AvgIpc) is 2.66. The molecule has 0 saturated heterocycles. The van der Waals surface area contributed by atoms with Gasteiger partial charge in [0.25, 0.3) is 0 Å². The minimum absolute atomic E-state index is 0.220. The van der Waals surface area contributed by atoms with Crippen LogP contribution in [0.3, 0.4) is 0 Å². The quantitative estimate of drug-likeness (QED) is 0.536. The molecule has 2 rings (SSSR count). The summed E-state index contributed by atoms with van der Waals surface area (Å²) in [6.07, 6.45) is 2.40. The van der Waals surface area contributed by atoms with Gasteiger partial charge in [-0.3, -0.25) is 4.79 Å². The molecule has 0 saturated carbocycles. The number of aromatic hydroxyl groups is 2. The minimum atomic E-state index is -0.446. The van der Waals surface area contributed by atoms with Crippen LogP contribution in [0.15, 0.2) is 48.5 Å². The Hall–Kier alpha value is -3.48. The molecule has 2 aromatic rings.